The normalized spacial score (nSPS) is 16.7. The summed E-state index contributed by atoms with van der Waals surface area (Å²) in [6.45, 7) is 4.34. The lowest BCUT2D eigenvalue weighted by Gasteiger charge is -2.08. The maximum absolute atomic E-state index is 12.5. The van der Waals surface area contributed by atoms with Gasteiger partial charge in [0.05, 0.1) is 17.2 Å². The number of aromatic nitrogens is 2. The van der Waals surface area contributed by atoms with Crippen molar-refractivity contribution in [2.45, 2.75) is 31.4 Å². The van der Waals surface area contributed by atoms with Crippen molar-refractivity contribution in [3.8, 4) is 16.9 Å². The van der Waals surface area contributed by atoms with Crippen molar-refractivity contribution in [3.05, 3.63) is 107 Å². The second kappa shape index (κ2) is 11.2. The number of hydrogen-bond donors (Lipinski definition) is 1. The first-order valence-corrected chi connectivity index (χ1v) is 13.3. The summed E-state index contributed by atoms with van der Waals surface area (Å²) in [6.07, 6.45) is 4.21. The summed E-state index contributed by atoms with van der Waals surface area (Å²) in [6, 6.07) is 25.8. The minimum atomic E-state index is -0.232. The number of hydrogen-bond acceptors (Lipinski definition) is 5. The zero-order valence-corrected chi connectivity index (χ0v) is 22.1. The molecular weight excluding hydrogens is 502 g/mol. The van der Waals surface area contributed by atoms with Crippen molar-refractivity contribution < 1.29 is 4.79 Å². The third-order valence-corrected chi connectivity index (χ3v) is 7.39. The summed E-state index contributed by atoms with van der Waals surface area (Å²) in [5, 5.41) is 17.1. The molecule has 1 fully saturated rings. The van der Waals surface area contributed by atoms with Gasteiger partial charge in [-0.2, -0.15) is 10.2 Å². The molecule has 0 saturated carbocycles. The van der Waals surface area contributed by atoms with Crippen LogP contribution in [-0.2, 0) is 11.2 Å². The number of para-hydroxylation sites is 1. The van der Waals surface area contributed by atoms with Crippen LogP contribution in [0.3, 0.4) is 0 Å². The Kier molecular flexibility index (Phi) is 7.53. The Labute approximate surface area is 225 Å². The minimum Gasteiger partial charge on any atom is -0.303 e. The molecular formula is C29H26ClN5OS. The maximum atomic E-state index is 12.5. The Morgan fingerprint density at radius 2 is 1.78 bits per heavy atom. The molecule has 186 valence electrons. The van der Waals surface area contributed by atoms with E-state index in [0.29, 0.717) is 22.5 Å². The van der Waals surface area contributed by atoms with Gasteiger partial charge in [-0.3, -0.25) is 4.79 Å². The van der Waals surface area contributed by atoms with Gasteiger partial charge >= 0.3 is 0 Å². The summed E-state index contributed by atoms with van der Waals surface area (Å²) in [5.41, 5.74) is 5.83. The second-order valence-corrected chi connectivity index (χ2v) is 10.7. The molecule has 1 atom stereocenters. The molecule has 1 aliphatic heterocycles. The molecule has 5 rings (SSSR count). The number of rotatable bonds is 7. The second-order valence-electron chi connectivity index (χ2n) is 9.07. The molecule has 1 aliphatic rings. The van der Waals surface area contributed by atoms with Crippen LogP contribution in [0.15, 0.2) is 95.3 Å². The van der Waals surface area contributed by atoms with Crippen LogP contribution in [0.4, 0.5) is 0 Å². The number of halogens is 1. The number of benzene rings is 3. The zero-order valence-electron chi connectivity index (χ0n) is 20.5. The van der Waals surface area contributed by atoms with Crippen molar-refractivity contribution in [2.75, 3.05) is 0 Å². The van der Waals surface area contributed by atoms with Gasteiger partial charge in [0, 0.05) is 22.3 Å². The van der Waals surface area contributed by atoms with Crippen LogP contribution in [0.25, 0.3) is 16.9 Å². The van der Waals surface area contributed by atoms with Crippen molar-refractivity contribution >= 4 is 40.7 Å². The summed E-state index contributed by atoms with van der Waals surface area (Å²) in [7, 11) is 0. The standard InChI is InChI=1S/C29H26ClN5OS/c1-19(2)21-10-8-20(9-11-21)16-26-28(36)32-29(37-26)33-31-17-23-18-35(25-6-4-3-5-7-25)34-27(23)22-12-14-24(30)15-13-22/h3-15,17-19,26H,16H2,1-2H3,(H,32,33,36)/b31-17+. The fourth-order valence-corrected chi connectivity index (χ4v) is 5.10. The molecule has 6 nitrogen and oxygen atoms in total. The number of thioether (sulfide) groups is 1. The zero-order chi connectivity index (χ0) is 25.8. The van der Waals surface area contributed by atoms with Gasteiger partial charge in [0.15, 0.2) is 5.17 Å². The molecule has 37 heavy (non-hydrogen) atoms. The first kappa shape index (κ1) is 25.0. The van der Waals surface area contributed by atoms with Crippen LogP contribution < -0.4 is 5.32 Å². The van der Waals surface area contributed by atoms with Gasteiger partial charge in [0.1, 0.15) is 5.69 Å². The van der Waals surface area contributed by atoms with Crippen molar-refractivity contribution in [2.24, 2.45) is 10.2 Å². The van der Waals surface area contributed by atoms with E-state index in [1.54, 1.807) is 6.21 Å². The Morgan fingerprint density at radius 1 is 1.05 bits per heavy atom. The molecule has 1 saturated heterocycles. The Hall–Kier alpha value is -3.68. The Morgan fingerprint density at radius 3 is 2.49 bits per heavy atom. The highest BCUT2D eigenvalue weighted by Crippen LogP contribution is 2.26. The smallest absolute Gasteiger partial charge is 0.239 e. The van der Waals surface area contributed by atoms with E-state index < -0.39 is 0 Å². The molecule has 0 aliphatic carbocycles. The summed E-state index contributed by atoms with van der Waals surface area (Å²) < 4.78 is 1.81. The van der Waals surface area contributed by atoms with Crippen LogP contribution in [0.2, 0.25) is 5.02 Å². The van der Waals surface area contributed by atoms with Crippen molar-refractivity contribution in [3.63, 3.8) is 0 Å². The quantitative estimate of drug-likeness (QED) is 0.221. The van der Waals surface area contributed by atoms with Gasteiger partial charge < -0.3 is 5.32 Å². The van der Waals surface area contributed by atoms with E-state index in [9.17, 15) is 4.79 Å². The lowest BCUT2D eigenvalue weighted by Crippen LogP contribution is -2.25. The van der Waals surface area contributed by atoms with Crippen LogP contribution in [-0.4, -0.2) is 32.3 Å². The Balaban J connectivity index is 1.34. The minimum absolute atomic E-state index is 0.0503. The fourth-order valence-electron chi connectivity index (χ4n) is 4.01. The molecule has 0 spiro atoms. The number of nitrogens with zero attached hydrogens (tertiary/aromatic N) is 4. The van der Waals surface area contributed by atoms with Crippen LogP contribution in [0, 0.1) is 0 Å². The first-order chi connectivity index (χ1) is 18.0. The lowest BCUT2D eigenvalue weighted by atomic mass is 10.0. The molecule has 4 aromatic rings. The molecule has 0 radical (unpaired) electrons. The van der Waals surface area contributed by atoms with Gasteiger partial charge in [-0.1, -0.05) is 91.8 Å². The van der Waals surface area contributed by atoms with Crippen LogP contribution >= 0.6 is 23.4 Å². The summed E-state index contributed by atoms with van der Waals surface area (Å²) in [4.78, 5) is 12.5. The average Bonchev–Trinajstić information content (AvgIpc) is 3.48. The van der Waals surface area contributed by atoms with Gasteiger partial charge in [-0.25, -0.2) is 4.68 Å². The van der Waals surface area contributed by atoms with E-state index in [2.05, 4.69) is 53.6 Å². The van der Waals surface area contributed by atoms with Crippen molar-refractivity contribution in [1.82, 2.24) is 15.1 Å². The maximum Gasteiger partial charge on any atom is 0.239 e. The van der Waals surface area contributed by atoms with E-state index in [-0.39, 0.29) is 11.2 Å². The third kappa shape index (κ3) is 6.01. The largest absolute Gasteiger partial charge is 0.303 e. The highest BCUT2D eigenvalue weighted by atomic mass is 35.5. The van der Waals surface area contributed by atoms with Gasteiger partial charge in [-0.15, -0.1) is 5.10 Å². The topological polar surface area (TPSA) is 71.6 Å². The SMILES string of the molecule is CC(C)c1ccc(CC2S/C(=N/N=C/c3cn(-c4ccccc4)nc3-c3ccc(Cl)cc3)NC2=O)cc1. The Bertz CT molecular complexity index is 1440. The molecule has 3 aromatic carbocycles. The van der Waals surface area contributed by atoms with Crippen LogP contribution in [0.5, 0.6) is 0 Å². The molecule has 1 amide bonds. The summed E-state index contributed by atoms with van der Waals surface area (Å²) in [5.74, 6) is 0.431. The lowest BCUT2D eigenvalue weighted by molar-refractivity contribution is -0.118. The number of carbonyl (C=O) groups excluding carboxylic acids is 1. The summed E-state index contributed by atoms with van der Waals surface area (Å²) >= 11 is 7.49. The molecule has 8 heteroatoms. The highest BCUT2D eigenvalue weighted by molar-refractivity contribution is 8.15. The van der Waals surface area contributed by atoms with E-state index in [0.717, 1.165) is 28.1 Å². The van der Waals surface area contributed by atoms with E-state index >= 15 is 0 Å². The number of amides is 1. The molecule has 2 heterocycles. The predicted octanol–water partition coefficient (Wildman–Crippen LogP) is 6.48. The number of carbonyl (C=O) groups is 1. The predicted molar refractivity (Wildman–Crippen MR) is 153 cm³/mol. The van der Waals surface area contributed by atoms with E-state index in [1.165, 1.54) is 17.3 Å². The molecule has 1 aromatic heterocycles. The number of amidine groups is 1. The van der Waals surface area contributed by atoms with Crippen LogP contribution in [0.1, 0.15) is 36.5 Å². The number of nitrogens with one attached hydrogen (secondary N) is 1. The van der Waals surface area contributed by atoms with E-state index in [4.69, 9.17) is 16.7 Å². The van der Waals surface area contributed by atoms with Crippen molar-refractivity contribution in [1.29, 1.82) is 0 Å². The molecule has 0 bridgehead atoms. The molecule has 1 N–H and O–H groups in total. The van der Waals surface area contributed by atoms with E-state index in [1.807, 2.05) is 65.5 Å². The highest BCUT2D eigenvalue weighted by Gasteiger charge is 2.30. The van der Waals surface area contributed by atoms with Gasteiger partial charge in [-0.05, 0) is 47.7 Å². The fraction of sp³-hybridized carbons (Fsp3) is 0.172. The third-order valence-electron chi connectivity index (χ3n) is 6.07. The first-order valence-electron chi connectivity index (χ1n) is 12.0. The average molecular weight is 528 g/mol. The van der Waals surface area contributed by atoms with Gasteiger partial charge in [0.25, 0.3) is 0 Å². The molecule has 1 unspecified atom stereocenters. The van der Waals surface area contributed by atoms with Gasteiger partial charge in [0.2, 0.25) is 5.91 Å². The monoisotopic (exact) mass is 527 g/mol.